The van der Waals surface area contributed by atoms with Crippen molar-refractivity contribution >= 4 is 32.6 Å². The number of benzene rings is 3. The summed E-state index contributed by atoms with van der Waals surface area (Å²) >= 11 is 0. The van der Waals surface area contributed by atoms with Crippen molar-refractivity contribution in [1.29, 1.82) is 0 Å². The van der Waals surface area contributed by atoms with Crippen molar-refractivity contribution < 1.29 is 22.3 Å². The summed E-state index contributed by atoms with van der Waals surface area (Å²) in [6, 6.07) is 19.4. The number of sulfone groups is 1. The van der Waals surface area contributed by atoms with Gasteiger partial charge in [0.25, 0.3) is 5.91 Å². The summed E-state index contributed by atoms with van der Waals surface area (Å²) in [5, 5.41) is 0. The first-order valence-electron chi connectivity index (χ1n) is 9.53. The molecule has 0 bridgehead atoms. The maximum absolute atomic E-state index is 13.9. The van der Waals surface area contributed by atoms with Crippen LogP contribution in [0.25, 0.3) is 11.1 Å². The number of anilines is 1. The van der Waals surface area contributed by atoms with Gasteiger partial charge in [0.1, 0.15) is 11.6 Å². The molecule has 7 heteroatoms. The number of ether oxygens (including phenoxy) is 1. The average Bonchev–Trinajstić information content (AvgIpc) is 3.10. The molecular formula is C24H20FNO4S. The van der Waals surface area contributed by atoms with Gasteiger partial charge in [-0.2, -0.15) is 0 Å². The van der Waals surface area contributed by atoms with E-state index < -0.39 is 15.7 Å². The largest absolute Gasteiger partial charge is 0.497 e. The lowest BCUT2D eigenvalue weighted by molar-refractivity contribution is -0.112. The second-order valence-corrected chi connectivity index (χ2v) is 9.27. The lowest BCUT2D eigenvalue weighted by Crippen LogP contribution is -2.26. The minimum absolute atomic E-state index is 0.195. The van der Waals surface area contributed by atoms with Gasteiger partial charge in [-0.25, -0.2) is 12.8 Å². The number of nitrogens with zero attached hydrogens (tertiary/aromatic N) is 1. The zero-order valence-electron chi connectivity index (χ0n) is 17.0. The van der Waals surface area contributed by atoms with Gasteiger partial charge in [0.05, 0.1) is 24.1 Å². The number of hydrogen-bond donors (Lipinski definition) is 0. The van der Waals surface area contributed by atoms with E-state index in [0.29, 0.717) is 33.7 Å². The van der Waals surface area contributed by atoms with Crippen LogP contribution < -0.4 is 9.64 Å². The highest BCUT2D eigenvalue weighted by Crippen LogP contribution is 2.37. The number of carbonyl (C=O) groups is 1. The molecule has 1 amide bonds. The van der Waals surface area contributed by atoms with Gasteiger partial charge in [-0.3, -0.25) is 4.79 Å². The Labute approximate surface area is 180 Å². The molecule has 0 atom stereocenters. The van der Waals surface area contributed by atoms with E-state index in [9.17, 15) is 17.6 Å². The molecule has 3 aromatic carbocycles. The van der Waals surface area contributed by atoms with Crippen molar-refractivity contribution in [1.82, 2.24) is 0 Å². The molecule has 158 valence electrons. The molecule has 0 fully saturated rings. The number of carbonyl (C=O) groups excluding carboxylic acids is 1. The van der Waals surface area contributed by atoms with Gasteiger partial charge in [0.2, 0.25) is 0 Å². The zero-order valence-corrected chi connectivity index (χ0v) is 17.8. The second-order valence-electron chi connectivity index (χ2n) is 7.25. The second kappa shape index (κ2) is 8.00. The monoisotopic (exact) mass is 437 g/mol. The van der Waals surface area contributed by atoms with Crippen LogP contribution in [0, 0.1) is 5.82 Å². The quantitative estimate of drug-likeness (QED) is 0.600. The molecule has 0 saturated carbocycles. The van der Waals surface area contributed by atoms with Gasteiger partial charge in [-0.05, 0) is 65.2 Å². The SMILES string of the molecule is COc1ccc(N2CC(c3ccc(S(C)(=O)=O)cc3)=C(c3cccc(F)c3)C2=O)cc1. The molecular weight excluding hydrogens is 417 g/mol. The van der Waals surface area contributed by atoms with E-state index in [0.717, 1.165) is 6.26 Å². The van der Waals surface area contributed by atoms with Crippen LogP contribution in [0.5, 0.6) is 5.75 Å². The Kier molecular flexibility index (Phi) is 5.37. The third-order valence-electron chi connectivity index (χ3n) is 5.21. The van der Waals surface area contributed by atoms with Gasteiger partial charge in [-0.15, -0.1) is 0 Å². The molecule has 0 N–H and O–H groups in total. The average molecular weight is 437 g/mol. The molecule has 1 aliphatic rings. The molecule has 4 rings (SSSR count). The molecule has 0 radical (unpaired) electrons. The van der Waals surface area contributed by atoms with E-state index in [1.54, 1.807) is 60.5 Å². The summed E-state index contributed by atoms with van der Waals surface area (Å²) in [6.45, 7) is 0.273. The van der Waals surface area contributed by atoms with Crippen LogP contribution in [0.3, 0.4) is 0 Å². The third kappa shape index (κ3) is 4.09. The first-order valence-corrected chi connectivity index (χ1v) is 11.4. The molecule has 0 unspecified atom stereocenters. The van der Waals surface area contributed by atoms with Crippen molar-refractivity contribution in [2.75, 3.05) is 24.8 Å². The van der Waals surface area contributed by atoms with Gasteiger partial charge >= 0.3 is 0 Å². The van der Waals surface area contributed by atoms with Crippen LogP contribution in [0.1, 0.15) is 11.1 Å². The Morgan fingerprint density at radius 2 is 1.61 bits per heavy atom. The topological polar surface area (TPSA) is 63.7 Å². The maximum Gasteiger partial charge on any atom is 0.259 e. The van der Waals surface area contributed by atoms with Crippen LogP contribution in [0.15, 0.2) is 77.7 Å². The lowest BCUT2D eigenvalue weighted by atomic mass is 9.97. The van der Waals surface area contributed by atoms with Crippen molar-refractivity contribution in [2.24, 2.45) is 0 Å². The van der Waals surface area contributed by atoms with E-state index in [1.807, 2.05) is 0 Å². The Balaban J connectivity index is 1.81. The van der Waals surface area contributed by atoms with Crippen molar-refractivity contribution in [3.8, 4) is 5.75 Å². The van der Waals surface area contributed by atoms with E-state index in [-0.39, 0.29) is 17.3 Å². The van der Waals surface area contributed by atoms with Gasteiger partial charge in [-0.1, -0.05) is 24.3 Å². The predicted octanol–water partition coefficient (Wildman–Crippen LogP) is 4.20. The summed E-state index contributed by atoms with van der Waals surface area (Å²) < 4.78 is 42.7. The highest BCUT2D eigenvalue weighted by Gasteiger charge is 2.33. The first kappa shape index (κ1) is 20.8. The van der Waals surface area contributed by atoms with E-state index in [2.05, 4.69) is 0 Å². The number of rotatable bonds is 5. The minimum Gasteiger partial charge on any atom is -0.497 e. The number of hydrogen-bond acceptors (Lipinski definition) is 4. The standard InChI is InChI=1S/C24H20FNO4S/c1-30-20-10-8-19(9-11-20)26-15-22(16-6-12-21(13-7-16)31(2,28)29)23(24(26)27)17-4-3-5-18(25)14-17/h3-14H,15H2,1-2H3. The van der Waals surface area contributed by atoms with Crippen LogP contribution in [-0.4, -0.2) is 34.2 Å². The van der Waals surface area contributed by atoms with Crippen LogP contribution in [0.2, 0.25) is 0 Å². The van der Waals surface area contributed by atoms with Crippen molar-refractivity contribution in [3.63, 3.8) is 0 Å². The highest BCUT2D eigenvalue weighted by molar-refractivity contribution is 7.90. The molecule has 0 saturated heterocycles. The zero-order chi connectivity index (χ0) is 22.2. The Hall–Kier alpha value is -3.45. The van der Waals surface area contributed by atoms with Gasteiger partial charge in [0, 0.05) is 11.9 Å². The molecule has 1 heterocycles. The molecule has 0 spiro atoms. The third-order valence-corrected chi connectivity index (χ3v) is 6.33. The molecule has 31 heavy (non-hydrogen) atoms. The van der Waals surface area contributed by atoms with Crippen molar-refractivity contribution in [3.05, 3.63) is 89.7 Å². The van der Waals surface area contributed by atoms with Gasteiger partial charge in [0.15, 0.2) is 9.84 Å². The summed E-state index contributed by atoms with van der Waals surface area (Å²) in [5.41, 5.74) is 2.95. The highest BCUT2D eigenvalue weighted by atomic mass is 32.2. The number of amides is 1. The number of methoxy groups -OCH3 is 1. The fourth-order valence-corrected chi connectivity index (χ4v) is 4.25. The Morgan fingerprint density at radius 3 is 2.19 bits per heavy atom. The normalized spacial score (nSPS) is 14.3. The summed E-state index contributed by atoms with van der Waals surface area (Å²) in [6.07, 6.45) is 1.14. The fraction of sp³-hybridized carbons (Fsp3) is 0.125. The first-order chi connectivity index (χ1) is 14.8. The predicted molar refractivity (Wildman–Crippen MR) is 118 cm³/mol. The van der Waals surface area contributed by atoms with Crippen molar-refractivity contribution in [2.45, 2.75) is 4.90 Å². The maximum atomic E-state index is 13.9. The summed E-state index contributed by atoms with van der Waals surface area (Å²) in [5.74, 6) is -0.0178. The molecule has 5 nitrogen and oxygen atoms in total. The fourth-order valence-electron chi connectivity index (χ4n) is 3.62. The Morgan fingerprint density at radius 1 is 0.935 bits per heavy atom. The smallest absolute Gasteiger partial charge is 0.259 e. The molecule has 3 aromatic rings. The van der Waals surface area contributed by atoms with Crippen LogP contribution >= 0.6 is 0 Å². The van der Waals surface area contributed by atoms with E-state index in [1.165, 1.54) is 24.3 Å². The Bertz CT molecular complexity index is 1280. The van der Waals surface area contributed by atoms with E-state index in [4.69, 9.17) is 4.74 Å². The van der Waals surface area contributed by atoms with E-state index >= 15 is 0 Å². The van der Waals surface area contributed by atoms with Gasteiger partial charge < -0.3 is 9.64 Å². The molecule has 0 aliphatic carbocycles. The molecule has 1 aliphatic heterocycles. The lowest BCUT2D eigenvalue weighted by Gasteiger charge is -2.17. The minimum atomic E-state index is -3.34. The summed E-state index contributed by atoms with van der Waals surface area (Å²) in [7, 11) is -1.77. The summed E-state index contributed by atoms with van der Waals surface area (Å²) in [4.78, 5) is 15.2. The van der Waals surface area contributed by atoms with Crippen LogP contribution in [-0.2, 0) is 14.6 Å². The number of halogens is 1. The van der Waals surface area contributed by atoms with Crippen LogP contribution in [0.4, 0.5) is 10.1 Å². The molecule has 0 aromatic heterocycles.